The van der Waals surface area contributed by atoms with Crippen LogP contribution in [0.3, 0.4) is 0 Å². The van der Waals surface area contributed by atoms with Crippen molar-refractivity contribution in [1.82, 2.24) is 10.2 Å². The van der Waals surface area contributed by atoms with Gasteiger partial charge in [0.1, 0.15) is 5.01 Å². The van der Waals surface area contributed by atoms with E-state index in [1.165, 1.54) is 11.3 Å². The lowest BCUT2D eigenvalue weighted by atomic mass is 10.1. The maximum absolute atomic E-state index is 12.7. The van der Waals surface area contributed by atoms with Crippen LogP contribution in [0.2, 0.25) is 15.1 Å². The molecule has 1 N–H and O–H groups in total. The highest BCUT2D eigenvalue weighted by Gasteiger charge is 2.22. The number of hydrogen-bond donors (Lipinski definition) is 1. The monoisotopic (exact) mass is 566 g/mol. The first-order valence-electron chi connectivity index (χ1n) is 10.0. The predicted molar refractivity (Wildman–Crippen MR) is 142 cm³/mol. The highest BCUT2D eigenvalue weighted by Crippen LogP contribution is 2.34. The zero-order valence-electron chi connectivity index (χ0n) is 18.1. The van der Waals surface area contributed by atoms with Gasteiger partial charge in [0.15, 0.2) is 0 Å². The molecule has 12 heteroatoms. The van der Waals surface area contributed by atoms with E-state index in [0.717, 1.165) is 16.1 Å². The Morgan fingerprint density at radius 1 is 0.971 bits per heavy atom. The number of nitrogens with zero attached hydrogens (tertiary/aromatic N) is 3. The van der Waals surface area contributed by atoms with Crippen LogP contribution >= 0.6 is 46.1 Å². The molecule has 0 radical (unpaired) electrons. The van der Waals surface area contributed by atoms with Crippen molar-refractivity contribution in [2.45, 2.75) is 6.54 Å². The molecule has 1 amide bonds. The van der Waals surface area contributed by atoms with Crippen LogP contribution in [0.5, 0.6) is 0 Å². The van der Waals surface area contributed by atoms with Crippen LogP contribution in [-0.2, 0) is 16.6 Å². The molecular weight excluding hydrogens is 551 g/mol. The summed E-state index contributed by atoms with van der Waals surface area (Å²) < 4.78 is 26.0. The molecule has 0 spiro atoms. The second kappa shape index (κ2) is 10.5. The first kappa shape index (κ1) is 25.4. The molecule has 0 bridgehead atoms. The maximum Gasteiger partial charge on any atom is 0.257 e. The SMILES string of the molecule is CS(=O)(=O)N(Cc1ccc(C(=O)Nc2nnc(-c3ccc(Cl)cc3)s2)cc1)c1cccc(Cl)c1Cl. The topological polar surface area (TPSA) is 92.3 Å². The molecule has 0 aliphatic rings. The smallest absolute Gasteiger partial charge is 0.257 e. The zero-order valence-corrected chi connectivity index (χ0v) is 22.0. The van der Waals surface area contributed by atoms with Crippen LogP contribution in [0.4, 0.5) is 10.8 Å². The van der Waals surface area contributed by atoms with Crippen LogP contribution in [0.25, 0.3) is 10.6 Å². The van der Waals surface area contributed by atoms with Crippen LogP contribution in [0.1, 0.15) is 15.9 Å². The van der Waals surface area contributed by atoms with Gasteiger partial charge in [-0.25, -0.2) is 8.42 Å². The van der Waals surface area contributed by atoms with E-state index in [9.17, 15) is 13.2 Å². The van der Waals surface area contributed by atoms with Gasteiger partial charge in [0, 0.05) is 16.1 Å². The third-order valence-corrected chi connectivity index (χ3v) is 7.95. The van der Waals surface area contributed by atoms with E-state index in [2.05, 4.69) is 15.5 Å². The van der Waals surface area contributed by atoms with Crippen LogP contribution in [-0.4, -0.2) is 30.8 Å². The fourth-order valence-electron chi connectivity index (χ4n) is 3.15. The number of halogens is 3. The Hall–Kier alpha value is -2.69. The first-order chi connectivity index (χ1) is 16.6. The van der Waals surface area contributed by atoms with Crippen molar-refractivity contribution in [2.24, 2.45) is 0 Å². The number of anilines is 2. The molecule has 0 fully saturated rings. The third-order valence-electron chi connectivity index (χ3n) is 4.88. The molecule has 180 valence electrons. The fraction of sp³-hybridized carbons (Fsp3) is 0.0870. The largest absolute Gasteiger partial charge is 0.296 e. The molecular formula is C23H17Cl3N4O3S2. The normalized spacial score (nSPS) is 11.3. The summed E-state index contributed by atoms with van der Waals surface area (Å²) >= 11 is 19.5. The number of carbonyl (C=O) groups is 1. The van der Waals surface area contributed by atoms with Gasteiger partial charge in [-0.3, -0.25) is 14.4 Å². The number of benzene rings is 3. The van der Waals surface area contributed by atoms with E-state index in [1.807, 2.05) is 12.1 Å². The van der Waals surface area contributed by atoms with E-state index in [1.54, 1.807) is 54.6 Å². The van der Waals surface area contributed by atoms with Gasteiger partial charge in [-0.05, 0) is 42.0 Å². The lowest BCUT2D eigenvalue weighted by molar-refractivity contribution is 0.102. The Balaban J connectivity index is 1.48. The average Bonchev–Trinajstić information content (AvgIpc) is 3.28. The molecule has 7 nitrogen and oxygen atoms in total. The number of sulfonamides is 1. The Bertz CT molecular complexity index is 1470. The minimum Gasteiger partial charge on any atom is -0.296 e. The average molecular weight is 568 g/mol. The molecule has 0 saturated heterocycles. The van der Waals surface area contributed by atoms with Gasteiger partial charge in [-0.1, -0.05) is 76.5 Å². The Kier molecular flexibility index (Phi) is 7.63. The molecule has 0 saturated carbocycles. The van der Waals surface area contributed by atoms with Crippen molar-refractivity contribution >= 4 is 72.9 Å². The highest BCUT2D eigenvalue weighted by molar-refractivity contribution is 7.92. The van der Waals surface area contributed by atoms with Gasteiger partial charge in [0.05, 0.1) is 28.5 Å². The predicted octanol–water partition coefficient (Wildman–Crippen LogP) is 6.38. The molecule has 4 aromatic rings. The quantitative estimate of drug-likeness (QED) is 0.280. The van der Waals surface area contributed by atoms with Gasteiger partial charge in [-0.2, -0.15) is 0 Å². The minimum absolute atomic E-state index is 0.0155. The molecule has 0 aliphatic carbocycles. The summed E-state index contributed by atoms with van der Waals surface area (Å²) in [5.41, 5.74) is 2.15. The highest BCUT2D eigenvalue weighted by atomic mass is 35.5. The second-order valence-corrected chi connectivity index (χ2v) is 11.5. The molecule has 1 heterocycles. The van der Waals surface area contributed by atoms with Crippen molar-refractivity contribution in [3.05, 3.63) is 92.9 Å². The minimum atomic E-state index is -3.66. The summed E-state index contributed by atoms with van der Waals surface area (Å²) in [6.07, 6.45) is 1.09. The summed E-state index contributed by atoms with van der Waals surface area (Å²) in [6, 6.07) is 18.5. The molecule has 0 unspecified atom stereocenters. The Morgan fingerprint density at radius 3 is 2.31 bits per heavy atom. The molecule has 1 aromatic heterocycles. The fourth-order valence-corrected chi connectivity index (χ4v) is 5.36. The van der Waals surface area contributed by atoms with E-state index in [0.29, 0.717) is 26.3 Å². The third kappa shape index (κ3) is 6.12. The molecule has 0 atom stereocenters. The van der Waals surface area contributed by atoms with Crippen molar-refractivity contribution < 1.29 is 13.2 Å². The number of carbonyl (C=O) groups excluding carboxylic acids is 1. The standard InChI is InChI=1S/C23H17Cl3N4O3S2/c1-35(32,33)30(19-4-2-3-18(25)20(19)26)13-14-5-7-15(8-6-14)21(31)27-23-29-28-22(34-23)16-9-11-17(24)12-10-16/h2-12H,13H2,1H3,(H,27,29,31). The van der Waals surface area contributed by atoms with E-state index in [4.69, 9.17) is 34.8 Å². The van der Waals surface area contributed by atoms with Crippen molar-refractivity contribution in [2.75, 3.05) is 15.9 Å². The number of aromatic nitrogens is 2. The van der Waals surface area contributed by atoms with Gasteiger partial charge >= 0.3 is 0 Å². The lowest BCUT2D eigenvalue weighted by Crippen LogP contribution is -2.29. The molecule has 0 aliphatic heterocycles. The van der Waals surface area contributed by atoms with Crippen molar-refractivity contribution in [1.29, 1.82) is 0 Å². The Labute approximate surface area is 221 Å². The van der Waals surface area contributed by atoms with Crippen molar-refractivity contribution in [3.8, 4) is 10.6 Å². The number of nitrogens with one attached hydrogen (secondary N) is 1. The van der Waals surface area contributed by atoms with Crippen LogP contribution in [0.15, 0.2) is 66.7 Å². The Morgan fingerprint density at radius 2 is 1.66 bits per heavy atom. The summed E-state index contributed by atoms with van der Waals surface area (Å²) in [5.74, 6) is -0.367. The molecule has 3 aromatic carbocycles. The summed E-state index contributed by atoms with van der Waals surface area (Å²) in [4.78, 5) is 12.7. The lowest BCUT2D eigenvalue weighted by Gasteiger charge is -2.24. The summed E-state index contributed by atoms with van der Waals surface area (Å²) in [5, 5.41) is 12.9. The molecule has 35 heavy (non-hydrogen) atoms. The van der Waals surface area contributed by atoms with Crippen LogP contribution in [0, 0.1) is 0 Å². The van der Waals surface area contributed by atoms with Crippen molar-refractivity contribution in [3.63, 3.8) is 0 Å². The molecule has 4 rings (SSSR count). The van der Waals surface area contributed by atoms with E-state index >= 15 is 0 Å². The first-order valence-corrected chi connectivity index (χ1v) is 13.8. The zero-order chi connectivity index (χ0) is 25.2. The maximum atomic E-state index is 12.7. The van der Waals surface area contributed by atoms with Gasteiger partial charge < -0.3 is 0 Å². The van der Waals surface area contributed by atoms with Gasteiger partial charge in [-0.15, -0.1) is 10.2 Å². The van der Waals surface area contributed by atoms with Crippen LogP contribution < -0.4 is 9.62 Å². The number of hydrogen-bond acceptors (Lipinski definition) is 6. The summed E-state index contributed by atoms with van der Waals surface area (Å²) in [6.45, 7) is 0.0155. The number of amides is 1. The second-order valence-electron chi connectivity index (χ2n) is 7.41. The summed E-state index contributed by atoms with van der Waals surface area (Å²) in [7, 11) is -3.66. The van der Waals surface area contributed by atoms with E-state index < -0.39 is 10.0 Å². The van der Waals surface area contributed by atoms with Gasteiger partial charge in [0.2, 0.25) is 15.2 Å². The van der Waals surface area contributed by atoms with Gasteiger partial charge in [0.25, 0.3) is 5.91 Å². The van der Waals surface area contributed by atoms with E-state index in [-0.39, 0.29) is 28.2 Å². The number of rotatable bonds is 7.